The van der Waals surface area contributed by atoms with Gasteiger partial charge in [0.15, 0.2) is 0 Å². The van der Waals surface area contributed by atoms with Crippen LogP contribution in [0.4, 0.5) is 0 Å². The summed E-state index contributed by atoms with van der Waals surface area (Å²) in [6.45, 7) is 0. The van der Waals surface area contributed by atoms with Crippen molar-refractivity contribution in [1.29, 1.82) is 0 Å². The summed E-state index contributed by atoms with van der Waals surface area (Å²) in [4.78, 5) is 8.00. The van der Waals surface area contributed by atoms with E-state index >= 15 is 0 Å². The van der Waals surface area contributed by atoms with Crippen molar-refractivity contribution in [1.82, 2.24) is 0 Å². The van der Waals surface area contributed by atoms with Crippen LogP contribution in [0.5, 0.6) is 0 Å². The summed E-state index contributed by atoms with van der Waals surface area (Å²) in [5.41, 5.74) is 0. The van der Waals surface area contributed by atoms with Crippen LogP contribution in [0.15, 0.2) is 5.34 Å². The zero-order valence-corrected chi connectivity index (χ0v) is 6.71. The summed E-state index contributed by atoms with van der Waals surface area (Å²) in [6.07, 6.45) is 0. The van der Waals surface area contributed by atoms with Gasteiger partial charge >= 0.3 is 29.6 Å². The van der Waals surface area contributed by atoms with Crippen molar-refractivity contribution in [2.24, 2.45) is 5.34 Å². The van der Waals surface area contributed by atoms with Gasteiger partial charge in [-0.25, -0.2) is 0 Å². The van der Waals surface area contributed by atoms with Gasteiger partial charge in [-0.1, -0.05) is 0 Å². The Bertz CT molecular complexity index is 19.0. The van der Waals surface area contributed by atoms with E-state index in [4.69, 9.17) is 10.1 Å². The van der Waals surface area contributed by atoms with Crippen molar-refractivity contribution in [3.63, 3.8) is 0 Å². The standard InChI is InChI=1S/2ClH.HNO2.Na/c;;2-1-3;/h2*1H;(H,2,3);/q;;;+1/p-1. The summed E-state index contributed by atoms with van der Waals surface area (Å²) < 4.78 is 0. The van der Waals surface area contributed by atoms with E-state index in [1.165, 1.54) is 0 Å². The van der Waals surface area contributed by atoms with Crippen LogP contribution in [0.3, 0.4) is 0 Å². The normalized spacial score (nSPS) is 2.00. The molecule has 0 bridgehead atoms. The topological polar surface area (TPSA) is 52.5 Å². The fourth-order valence-electron chi connectivity index (χ4n) is 0. The Morgan fingerprint density at radius 1 is 1.33 bits per heavy atom. The Morgan fingerprint density at radius 2 is 1.33 bits per heavy atom. The molecule has 0 aromatic heterocycles. The number of halogens is 2. The molecular weight excluding hydrogens is 140 g/mol. The summed E-state index contributed by atoms with van der Waals surface area (Å²) in [6, 6.07) is 0. The van der Waals surface area contributed by atoms with Crippen molar-refractivity contribution >= 4 is 24.8 Å². The SMILES string of the molecule is Cl.Cl.O=N[O-].[Na+]. The third kappa shape index (κ3) is 82.1. The van der Waals surface area contributed by atoms with E-state index < -0.39 is 0 Å². The molecule has 0 spiro atoms. The molecule has 34 valence electrons. The van der Waals surface area contributed by atoms with Crippen LogP contribution >= 0.6 is 24.8 Å². The van der Waals surface area contributed by atoms with Gasteiger partial charge < -0.3 is 10.1 Å². The Hall–Kier alpha value is 0.980. The molecule has 6 heavy (non-hydrogen) atoms. The monoisotopic (exact) mass is 141 g/mol. The second-order valence-corrected chi connectivity index (χ2v) is 0.0745. The Balaban J connectivity index is -0.00000000667. The third-order valence-corrected chi connectivity index (χ3v) is 0. The van der Waals surface area contributed by atoms with E-state index in [0.29, 0.717) is 0 Å². The summed E-state index contributed by atoms with van der Waals surface area (Å²) in [5.74, 6) is 0. The first-order valence-corrected chi connectivity index (χ1v) is 0.365. The molecule has 0 aliphatic heterocycles. The predicted molar refractivity (Wildman–Crippen MR) is 23.7 cm³/mol. The average Bonchev–Trinajstić information content (AvgIpc) is 0.918. The molecule has 0 rings (SSSR count). The van der Waals surface area contributed by atoms with E-state index in [9.17, 15) is 0 Å². The number of nitrogens with zero attached hydrogens (tertiary/aromatic N) is 1. The van der Waals surface area contributed by atoms with E-state index in [1.54, 1.807) is 0 Å². The van der Waals surface area contributed by atoms with E-state index in [0.717, 1.165) is 5.34 Å². The van der Waals surface area contributed by atoms with Crippen molar-refractivity contribution in [3.8, 4) is 0 Å². The maximum absolute atomic E-state index is 8.00. The van der Waals surface area contributed by atoms with Crippen LogP contribution in [0.1, 0.15) is 0 Å². The van der Waals surface area contributed by atoms with Gasteiger partial charge in [0.25, 0.3) is 0 Å². The minimum Gasteiger partial charge on any atom is -0.444 e. The van der Waals surface area contributed by atoms with E-state index in [2.05, 4.69) is 0 Å². The van der Waals surface area contributed by atoms with Gasteiger partial charge in [0, 0.05) is 0 Å². The largest absolute Gasteiger partial charge is 1.00 e. The predicted octanol–water partition coefficient (Wildman–Crippen LogP) is -1.90. The second kappa shape index (κ2) is 37.8. The quantitative estimate of drug-likeness (QED) is 0.225. The third-order valence-electron chi connectivity index (χ3n) is 0. The van der Waals surface area contributed by atoms with Gasteiger partial charge in [0.2, 0.25) is 0 Å². The van der Waals surface area contributed by atoms with Crippen LogP contribution < -0.4 is 29.6 Å². The van der Waals surface area contributed by atoms with Gasteiger partial charge in [-0.2, -0.15) is 0 Å². The van der Waals surface area contributed by atoms with Crippen molar-refractivity contribution in [2.75, 3.05) is 0 Å². The van der Waals surface area contributed by atoms with Gasteiger partial charge in [-0.05, 0) is 0 Å². The Kier molecular flexibility index (Phi) is 177. The summed E-state index contributed by atoms with van der Waals surface area (Å²) in [5, 5.41) is 9.00. The maximum Gasteiger partial charge on any atom is 1.00 e. The van der Waals surface area contributed by atoms with Gasteiger partial charge in [-0.3, -0.25) is 0 Å². The zero-order chi connectivity index (χ0) is 2.71. The first kappa shape index (κ1) is 28.1. The summed E-state index contributed by atoms with van der Waals surface area (Å²) in [7, 11) is 0. The van der Waals surface area contributed by atoms with Crippen LogP contribution in [-0.2, 0) is 0 Å². The Morgan fingerprint density at radius 3 is 1.33 bits per heavy atom. The maximum atomic E-state index is 8.00. The van der Waals surface area contributed by atoms with Gasteiger partial charge in [0.05, 0.1) is 0 Å². The van der Waals surface area contributed by atoms with Gasteiger partial charge in [0.1, 0.15) is 0 Å². The fourth-order valence-corrected chi connectivity index (χ4v) is 0. The van der Waals surface area contributed by atoms with Crippen LogP contribution in [-0.4, -0.2) is 0 Å². The van der Waals surface area contributed by atoms with Crippen molar-refractivity contribution < 1.29 is 29.6 Å². The van der Waals surface area contributed by atoms with Crippen molar-refractivity contribution in [2.45, 2.75) is 0 Å². The van der Waals surface area contributed by atoms with E-state index in [-0.39, 0.29) is 54.4 Å². The molecule has 3 nitrogen and oxygen atoms in total. The zero-order valence-electron chi connectivity index (χ0n) is 3.08. The molecule has 0 fully saturated rings. The van der Waals surface area contributed by atoms with Crippen LogP contribution in [0, 0.1) is 10.1 Å². The number of rotatable bonds is 0. The second-order valence-electron chi connectivity index (χ2n) is 0.0745. The van der Waals surface area contributed by atoms with Crippen LogP contribution in [0.2, 0.25) is 0 Å². The fraction of sp³-hybridized carbons (Fsp3) is 0. The molecule has 0 saturated heterocycles. The molecule has 0 aromatic rings. The molecule has 0 N–H and O–H groups in total. The van der Waals surface area contributed by atoms with Crippen LogP contribution in [0.25, 0.3) is 0 Å². The Labute approximate surface area is 69.5 Å². The minimum absolute atomic E-state index is 0. The minimum atomic E-state index is 0. The molecule has 0 aliphatic rings. The molecular formula is H2Cl2NNaO2. The van der Waals surface area contributed by atoms with Gasteiger partial charge in [-0.15, -0.1) is 30.2 Å². The molecule has 0 atom stereocenters. The first-order valence-electron chi connectivity index (χ1n) is 0.365. The smallest absolute Gasteiger partial charge is 0.444 e. The molecule has 6 heteroatoms. The molecule has 0 saturated carbocycles. The molecule has 0 radical (unpaired) electrons. The first-order chi connectivity index (χ1) is 1.41. The molecule has 0 aliphatic carbocycles. The molecule has 0 unspecified atom stereocenters. The van der Waals surface area contributed by atoms with Crippen molar-refractivity contribution in [3.05, 3.63) is 10.1 Å². The summed E-state index contributed by atoms with van der Waals surface area (Å²) >= 11 is 0. The van der Waals surface area contributed by atoms with E-state index in [1.807, 2.05) is 0 Å². The number of hydrogen-bond donors (Lipinski definition) is 0. The number of hydrogen-bond acceptors (Lipinski definition) is 3. The molecule has 0 aromatic carbocycles. The molecule has 0 amide bonds. The average molecular weight is 142 g/mol. The molecule has 0 heterocycles.